The molecule has 2 aromatic rings. The lowest BCUT2D eigenvalue weighted by molar-refractivity contribution is 0.258. The van der Waals surface area contributed by atoms with Crippen molar-refractivity contribution in [2.75, 3.05) is 0 Å². The Bertz CT molecular complexity index is 513. The van der Waals surface area contributed by atoms with Gasteiger partial charge in [-0.2, -0.15) is 0 Å². The Morgan fingerprint density at radius 3 is 2.94 bits per heavy atom. The van der Waals surface area contributed by atoms with Gasteiger partial charge in [0.15, 0.2) is 0 Å². The van der Waals surface area contributed by atoms with Crippen LogP contribution in [-0.4, -0.2) is 10.1 Å². The zero-order chi connectivity index (χ0) is 12.3. The molecule has 2 rings (SSSR count). The molecule has 0 fully saturated rings. The summed E-state index contributed by atoms with van der Waals surface area (Å²) in [4.78, 5) is 4.30. The first kappa shape index (κ1) is 12.4. The number of ether oxygens (including phenoxy) is 1. The summed E-state index contributed by atoms with van der Waals surface area (Å²) in [6.45, 7) is 2.20. The van der Waals surface area contributed by atoms with Crippen LogP contribution < -0.4 is 4.74 Å². The lowest BCUT2D eigenvalue weighted by Gasteiger charge is -2.10. The Hall–Kier alpha value is -1.10. The Morgan fingerprint density at radius 2 is 2.29 bits per heavy atom. The number of thiazole rings is 1. The maximum Gasteiger partial charge on any atom is 0.131 e. The maximum atomic E-state index is 9.22. The van der Waals surface area contributed by atoms with E-state index in [1.165, 1.54) is 0 Å². The zero-order valence-corrected chi connectivity index (χ0v) is 10.9. The number of benzene rings is 1. The molecule has 17 heavy (non-hydrogen) atoms. The van der Waals surface area contributed by atoms with Crippen molar-refractivity contribution >= 4 is 22.9 Å². The summed E-state index contributed by atoms with van der Waals surface area (Å²) in [6, 6.07) is 5.31. The second kappa shape index (κ2) is 5.49. The predicted molar refractivity (Wildman–Crippen MR) is 68.6 cm³/mol. The third-order valence-electron chi connectivity index (χ3n) is 2.28. The van der Waals surface area contributed by atoms with E-state index >= 15 is 0 Å². The molecule has 1 aromatic heterocycles. The summed E-state index contributed by atoms with van der Waals surface area (Å²) in [6.07, 6.45) is 0. The number of hydrogen-bond donors (Lipinski definition) is 1. The largest absolute Gasteiger partial charge is 0.487 e. The summed E-state index contributed by atoms with van der Waals surface area (Å²) in [5.41, 5.74) is 1.50. The Balaban J connectivity index is 2.11. The van der Waals surface area contributed by atoms with Gasteiger partial charge in [-0.05, 0) is 19.1 Å². The average Bonchev–Trinajstić information content (AvgIpc) is 2.72. The summed E-state index contributed by atoms with van der Waals surface area (Å²) >= 11 is 7.55. The lowest BCUT2D eigenvalue weighted by Crippen LogP contribution is -1.99. The van der Waals surface area contributed by atoms with Crippen LogP contribution in [0, 0.1) is 6.92 Å². The van der Waals surface area contributed by atoms with Crippen LogP contribution >= 0.6 is 22.9 Å². The molecular formula is C12H12ClNO2S. The molecule has 1 aromatic carbocycles. The number of halogens is 1. The molecule has 0 aliphatic rings. The fourth-order valence-electron chi connectivity index (χ4n) is 1.45. The first-order chi connectivity index (χ1) is 8.20. The van der Waals surface area contributed by atoms with Crippen LogP contribution in [0.3, 0.4) is 0 Å². The molecule has 1 heterocycles. The van der Waals surface area contributed by atoms with Crippen molar-refractivity contribution in [2.24, 2.45) is 0 Å². The van der Waals surface area contributed by atoms with Crippen molar-refractivity contribution in [3.05, 3.63) is 44.9 Å². The van der Waals surface area contributed by atoms with Gasteiger partial charge in [0.25, 0.3) is 0 Å². The van der Waals surface area contributed by atoms with E-state index in [2.05, 4.69) is 4.98 Å². The number of hydrogen-bond acceptors (Lipinski definition) is 4. The molecular weight excluding hydrogens is 258 g/mol. The number of aliphatic hydroxyl groups is 1. The lowest BCUT2D eigenvalue weighted by atomic mass is 10.2. The third kappa shape index (κ3) is 2.97. The zero-order valence-electron chi connectivity index (χ0n) is 9.31. The van der Waals surface area contributed by atoms with Gasteiger partial charge < -0.3 is 9.84 Å². The molecule has 5 heteroatoms. The topological polar surface area (TPSA) is 42.4 Å². The standard InChI is InChI=1S/C12H12ClNO2S/c1-8-14-9(7-17-8)6-16-12-4-2-3-11(13)10(12)5-15/h2-4,7,15H,5-6H2,1H3. The molecule has 0 unspecified atom stereocenters. The molecule has 0 atom stereocenters. The molecule has 0 saturated carbocycles. The Kier molecular flexibility index (Phi) is 3.99. The van der Waals surface area contributed by atoms with E-state index in [-0.39, 0.29) is 6.61 Å². The highest BCUT2D eigenvalue weighted by Crippen LogP contribution is 2.27. The average molecular weight is 270 g/mol. The Labute approximate surface area is 109 Å². The van der Waals surface area contributed by atoms with Gasteiger partial charge >= 0.3 is 0 Å². The van der Waals surface area contributed by atoms with Gasteiger partial charge in [0.1, 0.15) is 12.4 Å². The minimum absolute atomic E-state index is 0.134. The highest BCUT2D eigenvalue weighted by molar-refractivity contribution is 7.09. The molecule has 0 amide bonds. The fraction of sp³-hybridized carbons (Fsp3) is 0.250. The monoisotopic (exact) mass is 269 g/mol. The van der Waals surface area contributed by atoms with E-state index in [1.54, 1.807) is 29.5 Å². The van der Waals surface area contributed by atoms with E-state index < -0.39 is 0 Å². The van der Waals surface area contributed by atoms with Crippen molar-refractivity contribution < 1.29 is 9.84 Å². The molecule has 0 radical (unpaired) electrons. The summed E-state index contributed by atoms with van der Waals surface area (Å²) in [7, 11) is 0. The van der Waals surface area contributed by atoms with E-state index in [1.807, 2.05) is 12.3 Å². The van der Waals surface area contributed by atoms with E-state index in [0.29, 0.717) is 22.9 Å². The molecule has 3 nitrogen and oxygen atoms in total. The van der Waals surface area contributed by atoms with Gasteiger partial charge in [-0.25, -0.2) is 4.98 Å². The van der Waals surface area contributed by atoms with E-state index in [0.717, 1.165) is 10.7 Å². The van der Waals surface area contributed by atoms with Gasteiger partial charge in [0.2, 0.25) is 0 Å². The van der Waals surface area contributed by atoms with Crippen LogP contribution in [0.1, 0.15) is 16.3 Å². The van der Waals surface area contributed by atoms with Gasteiger partial charge in [-0.1, -0.05) is 17.7 Å². The molecule has 0 spiro atoms. The first-order valence-electron chi connectivity index (χ1n) is 5.12. The summed E-state index contributed by atoms with van der Waals surface area (Å²) in [5.74, 6) is 0.602. The minimum atomic E-state index is -0.134. The summed E-state index contributed by atoms with van der Waals surface area (Å²) < 4.78 is 5.61. The van der Waals surface area contributed by atoms with Crippen LogP contribution in [0.15, 0.2) is 23.6 Å². The SMILES string of the molecule is Cc1nc(COc2cccc(Cl)c2CO)cs1. The van der Waals surface area contributed by atoms with Crippen molar-refractivity contribution in [1.82, 2.24) is 4.98 Å². The minimum Gasteiger partial charge on any atom is -0.487 e. The van der Waals surface area contributed by atoms with Crippen molar-refractivity contribution in [2.45, 2.75) is 20.1 Å². The molecule has 0 aliphatic heterocycles. The number of aliphatic hydroxyl groups excluding tert-OH is 1. The normalized spacial score (nSPS) is 10.5. The van der Waals surface area contributed by atoms with Gasteiger partial charge in [0.05, 0.1) is 17.3 Å². The van der Waals surface area contributed by atoms with Crippen LogP contribution in [-0.2, 0) is 13.2 Å². The van der Waals surface area contributed by atoms with Crippen LogP contribution in [0.5, 0.6) is 5.75 Å². The van der Waals surface area contributed by atoms with Crippen molar-refractivity contribution in [3.8, 4) is 5.75 Å². The number of nitrogens with zero attached hydrogens (tertiary/aromatic N) is 1. The number of aromatic nitrogens is 1. The van der Waals surface area contributed by atoms with Crippen molar-refractivity contribution in [3.63, 3.8) is 0 Å². The number of aryl methyl sites for hydroxylation is 1. The van der Waals surface area contributed by atoms with Gasteiger partial charge in [-0.15, -0.1) is 11.3 Å². The highest BCUT2D eigenvalue weighted by atomic mass is 35.5. The second-order valence-corrected chi connectivity index (χ2v) is 4.99. The Morgan fingerprint density at radius 1 is 1.47 bits per heavy atom. The van der Waals surface area contributed by atoms with Gasteiger partial charge in [0, 0.05) is 16.0 Å². The summed E-state index contributed by atoms with van der Waals surface area (Å²) in [5, 5.41) is 12.7. The van der Waals surface area contributed by atoms with Crippen LogP contribution in [0.25, 0.3) is 0 Å². The van der Waals surface area contributed by atoms with Gasteiger partial charge in [-0.3, -0.25) is 0 Å². The molecule has 0 aliphatic carbocycles. The van der Waals surface area contributed by atoms with Crippen molar-refractivity contribution in [1.29, 1.82) is 0 Å². The van der Waals surface area contributed by atoms with Crippen LogP contribution in [0.4, 0.5) is 0 Å². The smallest absolute Gasteiger partial charge is 0.131 e. The fourth-order valence-corrected chi connectivity index (χ4v) is 2.28. The second-order valence-electron chi connectivity index (χ2n) is 3.52. The molecule has 90 valence electrons. The molecule has 0 bridgehead atoms. The van der Waals surface area contributed by atoms with E-state index in [9.17, 15) is 5.11 Å². The van der Waals surface area contributed by atoms with Crippen LogP contribution in [0.2, 0.25) is 5.02 Å². The highest BCUT2D eigenvalue weighted by Gasteiger charge is 2.08. The maximum absolute atomic E-state index is 9.22. The molecule has 1 N–H and O–H groups in total. The first-order valence-corrected chi connectivity index (χ1v) is 6.38. The quantitative estimate of drug-likeness (QED) is 0.927. The molecule has 0 saturated heterocycles. The predicted octanol–water partition coefficient (Wildman–Crippen LogP) is 3.18. The number of rotatable bonds is 4. The van der Waals surface area contributed by atoms with E-state index in [4.69, 9.17) is 16.3 Å². The third-order valence-corrected chi connectivity index (χ3v) is 3.45.